The summed E-state index contributed by atoms with van der Waals surface area (Å²) in [5, 5.41) is 0. The topological polar surface area (TPSA) is 78.9 Å². The van der Waals surface area contributed by atoms with Crippen LogP contribution in [0.4, 0.5) is 5.82 Å². The standard InChI is InChI=1S/C14H23N5O/c1-2-3-4-5-8-20-9-6-7-19-11-18-12-13(15)16-10-17-14(12)19/h10-11H,2-9H2,1H3,(H2,15,16,17). The average molecular weight is 277 g/mol. The molecule has 0 aliphatic carbocycles. The summed E-state index contributed by atoms with van der Waals surface area (Å²) in [4.78, 5) is 12.4. The van der Waals surface area contributed by atoms with E-state index in [0.29, 0.717) is 11.3 Å². The van der Waals surface area contributed by atoms with E-state index in [0.717, 1.165) is 38.2 Å². The van der Waals surface area contributed by atoms with Crippen LogP contribution in [0, 0.1) is 0 Å². The summed E-state index contributed by atoms with van der Waals surface area (Å²) >= 11 is 0. The second-order valence-electron chi connectivity index (χ2n) is 4.90. The number of aromatic nitrogens is 4. The lowest BCUT2D eigenvalue weighted by molar-refractivity contribution is 0.125. The minimum absolute atomic E-state index is 0.431. The summed E-state index contributed by atoms with van der Waals surface area (Å²) in [5.41, 5.74) is 7.22. The van der Waals surface area contributed by atoms with E-state index in [9.17, 15) is 0 Å². The van der Waals surface area contributed by atoms with Crippen LogP contribution < -0.4 is 5.73 Å². The summed E-state index contributed by atoms with van der Waals surface area (Å²) in [6, 6.07) is 0. The van der Waals surface area contributed by atoms with Gasteiger partial charge < -0.3 is 15.0 Å². The number of nitrogens with two attached hydrogens (primary N) is 1. The Morgan fingerprint density at radius 3 is 2.80 bits per heavy atom. The molecule has 110 valence electrons. The van der Waals surface area contributed by atoms with Gasteiger partial charge in [0, 0.05) is 19.8 Å². The first-order valence-corrected chi connectivity index (χ1v) is 7.32. The van der Waals surface area contributed by atoms with Gasteiger partial charge >= 0.3 is 0 Å². The second-order valence-corrected chi connectivity index (χ2v) is 4.90. The van der Waals surface area contributed by atoms with Crippen LogP contribution in [0.5, 0.6) is 0 Å². The molecule has 0 unspecified atom stereocenters. The van der Waals surface area contributed by atoms with E-state index in [1.807, 2.05) is 4.57 Å². The van der Waals surface area contributed by atoms with Gasteiger partial charge in [0.1, 0.15) is 11.8 Å². The van der Waals surface area contributed by atoms with E-state index in [1.165, 1.54) is 25.6 Å². The molecule has 6 nitrogen and oxygen atoms in total. The first-order valence-electron chi connectivity index (χ1n) is 7.32. The van der Waals surface area contributed by atoms with Crippen molar-refractivity contribution in [2.24, 2.45) is 0 Å². The highest BCUT2D eigenvalue weighted by molar-refractivity contribution is 5.80. The molecule has 0 fully saturated rings. The zero-order valence-corrected chi connectivity index (χ0v) is 12.1. The van der Waals surface area contributed by atoms with Gasteiger partial charge in [0.2, 0.25) is 0 Å². The van der Waals surface area contributed by atoms with Gasteiger partial charge in [-0.15, -0.1) is 0 Å². The first kappa shape index (κ1) is 14.7. The van der Waals surface area contributed by atoms with Crippen molar-refractivity contribution in [3.63, 3.8) is 0 Å². The van der Waals surface area contributed by atoms with Gasteiger partial charge in [-0.1, -0.05) is 26.2 Å². The molecule has 6 heteroatoms. The highest BCUT2D eigenvalue weighted by Crippen LogP contribution is 2.14. The van der Waals surface area contributed by atoms with E-state index < -0.39 is 0 Å². The lowest BCUT2D eigenvalue weighted by atomic mass is 10.2. The van der Waals surface area contributed by atoms with Crippen LogP contribution in [-0.4, -0.2) is 32.7 Å². The van der Waals surface area contributed by atoms with Gasteiger partial charge in [-0.3, -0.25) is 0 Å². The van der Waals surface area contributed by atoms with Crippen LogP contribution in [0.15, 0.2) is 12.7 Å². The number of unbranched alkanes of at least 4 members (excludes halogenated alkanes) is 3. The summed E-state index contributed by atoms with van der Waals surface area (Å²) in [7, 11) is 0. The molecule has 0 aliphatic heterocycles. The predicted octanol–water partition coefficient (Wildman–Crippen LogP) is 2.40. The highest BCUT2D eigenvalue weighted by atomic mass is 16.5. The predicted molar refractivity (Wildman–Crippen MR) is 79.3 cm³/mol. The van der Waals surface area contributed by atoms with E-state index in [1.54, 1.807) is 6.33 Å². The number of rotatable bonds is 9. The van der Waals surface area contributed by atoms with E-state index in [-0.39, 0.29) is 0 Å². The van der Waals surface area contributed by atoms with Gasteiger partial charge in [0.25, 0.3) is 0 Å². The third-order valence-corrected chi connectivity index (χ3v) is 3.26. The molecule has 0 saturated carbocycles. The zero-order valence-electron chi connectivity index (χ0n) is 12.1. The molecule has 2 aromatic rings. The van der Waals surface area contributed by atoms with Crippen LogP contribution in [0.2, 0.25) is 0 Å². The molecule has 0 bridgehead atoms. The maximum absolute atomic E-state index is 5.75. The molecule has 0 spiro atoms. The minimum Gasteiger partial charge on any atom is -0.382 e. The van der Waals surface area contributed by atoms with Crippen molar-refractivity contribution < 1.29 is 4.74 Å². The number of nitrogens with zero attached hydrogens (tertiary/aromatic N) is 4. The Bertz CT molecular complexity index is 525. The maximum atomic E-state index is 5.75. The van der Waals surface area contributed by atoms with Crippen molar-refractivity contribution in [1.82, 2.24) is 19.5 Å². The second kappa shape index (κ2) is 7.79. The molecule has 0 aliphatic rings. The van der Waals surface area contributed by atoms with E-state index >= 15 is 0 Å². The van der Waals surface area contributed by atoms with Crippen LogP contribution in [0.25, 0.3) is 11.2 Å². The monoisotopic (exact) mass is 277 g/mol. The van der Waals surface area contributed by atoms with Crippen molar-refractivity contribution in [2.75, 3.05) is 18.9 Å². The fourth-order valence-corrected chi connectivity index (χ4v) is 2.13. The molecular formula is C14H23N5O. The van der Waals surface area contributed by atoms with E-state index in [2.05, 4.69) is 21.9 Å². The lowest BCUT2D eigenvalue weighted by Gasteiger charge is -2.05. The smallest absolute Gasteiger partial charge is 0.165 e. The van der Waals surface area contributed by atoms with Crippen LogP contribution in [-0.2, 0) is 11.3 Å². The molecule has 0 amide bonds. The minimum atomic E-state index is 0.431. The summed E-state index contributed by atoms with van der Waals surface area (Å²) < 4.78 is 7.62. The molecule has 2 aromatic heterocycles. The van der Waals surface area contributed by atoms with Crippen LogP contribution in [0.1, 0.15) is 39.0 Å². The number of hydrogen-bond acceptors (Lipinski definition) is 5. The molecular weight excluding hydrogens is 254 g/mol. The molecule has 0 aromatic carbocycles. The number of fused-ring (bicyclic) bond motifs is 1. The summed E-state index contributed by atoms with van der Waals surface area (Å²) in [5.74, 6) is 0.431. The number of aryl methyl sites for hydroxylation is 1. The number of imidazole rings is 1. The van der Waals surface area contributed by atoms with E-state index in [4.69, 9.17) is 10.5 Å². The first-order chi connectivity index (χ1) is 9.83. The van der Waals surface area contributed by atoms with Crippen molar-refractivity contribution in [1.29, 1.82) is 0 Å². The molecule has 0 radical (unpaired) electrons. The fraction of sp³-hybridized carbons (Fsp3) is 0.643. The van der Waals surface area contributed by atoms with Crippen LogP contribution in [0.3, 0.4) is 0 Å². The molecule has 2 rings (SSSR count). The maximum Gasteiger partial charge on any atom is 0.165 e. The Labute approximate surface area is 119 Å². The largest absolute Gasteiger partial charge is 0.382 e. The van der Waals surface area contributed by atoms with Gasteiger partial charge in [0.15, 0.2) is 11.5 Å². The molecule has 2 heterocycles. The lowest BCUT2D eigenvalue weighted by Crippen LogP contribution is -2.04. The Balaban J connectivity index is 1.70. The van der Waals surface area contributed by atoms with Crippen molar-refractivity contribution in [3.8, 4) is 0 Å². The Morgan fingerprint density at radius 2 is 1.95 bits per heavy atom. The zero-order chi connectivity index (χ0) is 14.2. The molecule has 2 N–H and O–H groups in total. The Hall–Kier alpha value is -1.69. The van der Waals surface area contributed by atoms with Gasteiger partial charge in [-0.05, 0) is 12.8 Å². The van der Waals surface area contributed by atoms with Gasteiger partial charge in [-0.25, -0.2) is 15.0 Å². The third-order valence-electron chi connectivity index (χ3n) is 3.26. The number of anilines is 1. The average Bonchev–Trinajstić information content (AvgIpc) is 2.87. The summed E-state index contributed by atoms with van der Waals surface area (Å²) in [6.07, 6.45) is 9.16. The van der Waals surface area contributed by atoms with Gasteiger partial charge in [-0.2, -0.15) is 0 Å². The van der Waals surface area contributed by atoms with Crippen molar-refractivity contribution in [2.45, 2.75) is 45.6 Å². The summed E-state index contributed by atoms with van der Waals surface area (Å²) in [6.45, 7) is 4.68. The van der Waals surface area contributed by atoms with Crippen molar-refractivity contribution >= 4 is 17.0 Å². The number of nitrogen functional groups attached to an aromatic ring is 1. The quantitative estimate of drug-likeness (QED) is 0.712. The number of hydrogen-bond donors (Lipinski definition) is 1. The Kier molecular flexibility index (Phi) is 5.73. The van der Waals surface area contributed by atoms with Gasteiger partial charge in [0.05, 0.1) is 6.33 Å². The number of ether oxygens (including phenoxy) is 1. The molecule has 20 heavy (non-hydrogen) atoms. The van der Waals surface area contributed by atoms with Crippen molar-refractivity contribution in [3.05, 3.63) is 12.7 Å². The highest BCUT2D eigenvalue weighted by Gasteiger charge is 2.06. The fourth-order valence-electron chi connectivity index (χ4n) is 2.13. The SMILES string of the molecule is CCCCCCOCCCn1cnc2c(N)ncnc21. The van der Waals surface area contributed by atoms with Crippen LogP contribution >= 0.6 is 0 Å². The molecule has 0 saturated heterocycles. The third kappa shape index (κ3) is 3.90. The normalized spacial score (nSPS) is 11.2. The Morgan fingerprint density at radius 1 is 1.10 bits per heavy atom. The molecule has 0 atom stereocenters.